The summed E-state index contributed by atoms with van der Waals surface area (Å²) in [5, 5.41) is 7.12. The number of fused-ring (bicyclic) bond motifs is 1. The van der Waals surface area contributed by atoms with E-state index in [9.17, 15) is 18.0 Å². The Hall–Kier alpha value is -2.66. The number of likely N-dealkylation sites (tertiary alicyclic amines) is 2. The lowest BCUT2D eigenvalue weighted by Crippen LogP contribution is -2.49. The van der Waals surface area contributed by atoms with Crippen LogP contribution in [0.2, 0.25) is 0 Å². The maximum Gasteiger partial charge on any atom is 0.490 e. The van der Waals surface area contributed by atoms with Crippen molar-refractivity contribution in [3.63, 3.8) is 0 Å². The van der Waals surface area contributed by atoms with E-state index in [-0.39, 0.29) is 11.6 Å². The Labute approximate surface area is 208 Å². The fraction of sp³-hybridized carbons (Fsp3) is 0.640. The second-order valence-corrected chi connectivity index (χ2v) is 9.87. The van der Waals surface area contributed by atoms with Crippen molar-refractivity contribution in [1.82, 2.24) is 19.2 Å². The number of carboxylic acids is 1. The number of imidazole rings is 1. The minimum Gasteiger partial charge on any atom is -0.475 e. The Kier molecular flexibility index (Phi) is 7.89. The summed E-state index contributed by atoms with van der Waals surface area (Å²) in [6, 6.07) is 6.17. The summed E-state index contributed by atoms with van der Waals surface area (Å²) in [6.07, 6.45) is 4.52. The predicted octanol–water partition coefficient (Wildman–Crippen LogP) is 3.80. The summed E-state index contributed by atoms with van der Waals surface area (Å²) in [5.74, 6) is -2.42. The summed E-state index contributed by atoms with van der Waals surface area (Å²) in [7, 11) is 0. The first-order valence-corrected chi connectivity index (χ1v) is 12.5. The monoisotopic (exact) mass is 510 g/mol. The highest BCUT2D eigenvalue weighted by atomic mass is 19.4. The topological polar surface area (TPSA) is 87.4 Å². The maximum atomic E-state index is 12.7. The second kappa shape index (κ2) is 10.8. The first-order valence-electron chi connectivity index (χ1n) is 12.5. The number of aliphatic carboxylic acids is 1. The number of aryl methyl sites for hydroxylation is 1. The third-order valence-electron chi connectivity index (χ3n) is 7.58. The van der Waals surface area contributed by atoms with Gasteiger partial charge in [-0.3, -0.25) is 9.69 Å². The maximum absolute atomic E-state index is 12.7. The van der Waals surface area contributed by atoms with Crippen molar-refractivity contribution in [2.45, 2.75) is 76.2 Å². The van der Waals surface area contributed by atoms with Gasteiger partial charge >= 0.3 is 12.1 Å². The van der Waals surface area contributed by atoms with E-state index in [1.165, 1.54) is 11.4 Å². The van der Waals surface area contributed by atoms with Crippen LogP contribution in [0.3, 0.4) is 0 Å². The summed E-state index contributed by atoms with van der Waals surface area (Å²) in [4.78, 5) is 31.2. The van der Waals surface area contributed by atoms with Gasteiger partial charge in [-0.2, -0.15) is 13.2 Å². The van der Waals surface area contributed by atoms with Gasteiger partial charge in [0, 0.05) is 50.1 Å². The summed E-state index contributed by atoms with van der Waals surface area (Å²) >= 11 is 0. The SMILES string of the molecule is Cc1c(CN2CCCC3(CCC(=O)N3CC3CCCO3)CC2)nc2ccccn12.O=C(O)C(F)(F)F. The normalized spacial score (nSPS) is 25.3. The molecule has 3 aliphatic rings. The Morgan fingerprint density at radius 3 is 2.67 bits per heavy atom. The van der Waals surface area contributed by atoms with Crippen LogP contribution in [0.4, 0.5) is 13.2 Å². The molecule has 3 aliphatic heterocycles. The van der Waals surface area contributed by atoms with Gasteiger partial charge in [-0.1, -0.05) is 6.07 Å². The minimum atomic E-state index is -5.08. The molecule has 0 saturated carbocycles. The lowest BCUT2D eigenvalue weighted by molar-refractivity contribution is -0.192. The molecule has 1 amide bonds. The Bertz CT molecular complexity index is 1080. The molecule has 0 radical (unpaired) electrons. The van der Waals surface area contributed by atoms with Crippen LogP contribution in [0.25, 0.3) is 5.65 Å². The number of halogens is 3. The highest BCUT2D eigenvalue weighted by molar-refractivity contribution is 5.79. The van der Waals surface area contributed by atoms with Crippen LogP contribution in [-0.4, -0.2) is 80.2 Å². The van der Waals surface area contributed by atoms with Gasteiger partial charge in [-0.15, -0.1) is 0 Å². The summed E-state index contributed by atoms with van der Waals surface area (Å²) < 4.78 is 39.8. The molecule has 2 atom stereocenters. The van der Waals surface area contributed by atoms with E-state index in [1.807, 2.05) is 6.07 Å². The van der Waals surface area contributed by atoms with Gasteiger partial charge in [-0.05, 0) is 64.1 Å². The largest absolute Gasteiger partial charge is 0.490 e. The zero-order chi connectivity index (χ0) is 25.9. The number of aromatic nitrogens is 2. The van der Waals surface area contributed by atoms with Crippen LogP contribution in [0, 0.1) is 6.92 Å². The predicted molar refractivity (Wildman–Crippen MR) is 125 cm³/mol. The number of carbonyl (C=O) groups excluding carboxylic acids is 1. The average Bonchev–Trinajstić information content (AvgIpc) is 3.49. The van der Waals surface area contributed by atoms with Gasteiger partial charge in [-0.25, -0.2) is 9.78 Å². The number of nitrogens with zero attached hydrogens (tertiary/aromatic N) is 4. The van der Waals surface area contributed by atoms with Crippen molar-refractivity contribution in [3.8, 4) is 0 Å². The molecule has 5 heterocycles. The fourth-order valence-electron chi connectivity index (χ4n) is 5.60. The molecular weight excluding hydrogens is 477 g/mol. The molecule has 8 nitrogen and oxygen atoms in total. The van der Waals surface area contributed by atoms with E-state index in [4.69, 9.17) is 19.6 Å². The molecule has 198 valence electrons. The molecule has 36 heavy (non-hydrogen) atoms. The van der Waals surface area contributed by atoms with Gasteiger partial charge in [0.15, 0.2) is 0 Å². The molecule has 3 saturated heterocycles. The molecule has 2 aromatic rings. The second-order valence-electron chi connectivity index (χ2n) is 9.87. The zero-order valence-electron chi connectivity index (χ0n) is 20.5. The molecular formula is C25H33F3N4O4. The highest BCUT2D eigenvalue weighted by Crippen LogP contribution is 2.40. The van der Waals surface area contributed by atoms with Crippen LogP contribution < -0.4 is 0 Å². The lowest BCUT2D eigenvalue weighted by Gasteiger charge is -2.39. The first-order chi connectivity index (χ1) is 17.1. The first kappa shape index (κ1) is 26.4. The number of hydrogen-bond donors (Lipinski definition) is 1. The number of pyridine rings is 1. The van der Waals surface area contributed by atoms with Crippen molar-refractivity contribution in [2.24, 2.45) is 0 Å². The quantitative estimate of drug-likeness (QED) is 0.673. The van der Waals surface area contributed by atoms with E-state index in [0.29, 0.717) is 12.3 Å². The van der Waals surface area contributed by atoms with E-state index in [1.54, 1.807) is 0 Å². The number of rotatable bonds is 4. The van der Waals surface area contributed by atoms with Gasteiger partial charge < -0.3 is 19.1 Å². The van der Waals surface area contributed by atoms with Crippen molar-refractivity contribution in [3.05, 3.63) is 35.8 Å². The van der Waals surface area contributed by atoms with Gasteiger partial charge in [0.25, 0.3) is 0 Å². The van der Waals surface area contributed by atoms with Crippen LogP contribution >= 0.6 is 0 Å². The van der Waals surface area contributed by atoms with E-state index >= 15 is 0 Å². The fourth-order valence-corrected chi connectivity index (χ4v) is 5.60. The molecule has 2 unspecified atom stereocenters. The molecule has 2 aromatic heterocycles. The summed E-state index contributed by atoms with van der Waals surface area (Å²) in [6.45, 7) is 6.81. The van der Waals surface area contributed by atoms with Crippen molar-refractivity contribution < 1.29 is 32.6 Å². The minimum absolute atomic E-state index is 0.0474. The summed E-state index contributed by atoms with van der Waals surface area (Å²) in [5.41, 5.74) is 3.48. The lowest BCUT2D eigenvalue weighted by atomic mass is 9.87. The molecule has 1 spiro atoms. The standard InChI is InChI=1S/C23H32N4O2.C2HF3O2/c1-18-20(24-21-7-2-3-13-26(18)21)17-25-12-5-9-23(11-14-25)10-8-22(28)27(23)16-19-6-4-15-29-19;3-2(4,5)1(6)7/h2-3,7,13,19H,4-6,8-12,14-17H2,1H3;(H,6,7). The van der Waals surface area contributed by atoms with Crippen molar-refractivity contribution in [1.29, 1.82) is 0 Å². The molecule has 0 bridgehead atoms. The molecule has 1 N–H and O–H groups in total. The number of ether oxygens (including phenoxy) is 1. The van der Waals surface area contributed by atoms with Gasteiger partial charge in [0.2, 0.25) is 5.91 Å². The Morgan fingerprint density at radius 1 is 1.22 bits per heavy atom. The Morgan fingerprint density at radius 2 is 2.00 bits per heavy atom. The van der Waals surface area contributed by atoms with Crippen LogP contribution in [0.1, 0.15) is 56.3 Å². The number of alkyl halides is 3. The molecule has 3 fully saturated rings. The van der Waals surface area contributed by atoms with E-state index < -0.39 is 12.1 Å². The molecule has 11 heteroatoms. The molecule has 5 rings (SSSR count). The number of carboxylic acid groups (broad SMARTS) is 1. The average molecular weight is 511 g/mol. The van der Waals surface area contributed by atoms with Crippen LogP contribution in [0.15, 0.2) is 24.4 Å². The Balaban J connectivity index is 0.000000384. The van der Waals surface area contributed by atoms with Gasteiger partial charge in [0.05, 0.1) is 11.8 Å². The van der Waals surface area contributed by atoms with Crippen LogP contribution in [-0.2, 0) is 20.9 Å². The number of carbonyl (C=O) groups is 2. The van der Waals surface area contributed by atoms with Crippen molar-refractivity contribution >= 4 is 17.5 Å². The van der Waals surface area contributed by atoms with Crippen LogP contribution in [0.5, 0.6) is 0 Å². The van der Waals surface area contributed by atoms with E-state index in [2.05, 4.69) is 39.5 Å². The van der Waals surface area contributed by atoms with Crippen molar-refractivity contribution in [2.75, 3.05) is 26.2 Å². The highest BCUT2D eigenvalue weighted by Gasteiger charge is 2.46. The smallest absolute Gasteiger partial charge is 0.475 e. The van der Waals surface area contributed by atoms with Gasteiger partial charge in [0.1, 0.15) is 5.65 Å². The third kappa shape index (κ3) is 5.83. The molecule has 0 aliphatic carbocycles. The third-order valence-corrected chi connectivity index (χ3v) is 7.58. The number of hydrogen-bond acceptors (Lipinski definition) is 5. The number of amides is 1. The van der Waals surface area contributed by atoms with E-state index in [0.717, 1.165) is 77.0 Å². The zero-order valence-corrected chi connectivity index (χ0v) is 20.5. The molecule has 0 aromatic carbocycles.